The molecule has 23 heavy (non-hydrogen) atoms. The minimum atomic E-state index is -0.943. The molecule has 2 aromatic rings. The molecule has 7 heteroatoms. The molecule has 0 aliphatic heterocycles. The Morgan fingerprint density at radius 3 is 2.52 bits per heavy atom. The van der Waals surface area contributed by atoms with Crippen molar-refractivity contribution >= 4 is 23.4 Å². The second-order valence-electron chi connectivity index (χ2n) is 5.46. The third-order valence-corrected chi connectivity index (χ3v) is 3.10. The van der Waals surface area contributed by atoms with Crippen molar-refractivity contribution in [3.63, 3.8) is 0 Å². The van der Waals surface area contributed by atoms with Gasteiger partial charge in [-0.2, -0.15) is 4.98 Å². The zero-order valence-electron chi connectivity index (χ0n) is 13.5. The number of hydrogen-bond acceptors (Lipinski definition) is 6. The van der Waals surface area contributed by atoms with E-state index in [2.05, 4.69) is 25.5 Å². The summed E-state index contributed by atoms with van der Waals surface area (Å²) >= 11 is 0. The van der Waals surface area contributed by atoms with E-state index in [1.807, 2.05) is 27.1 Å². The highest BCUT2D eigenvalue weighted by Gasteiger charge is 2.05. The summed E-state index contributed by atoms with van der Waals surface area (Å²) in [5, 5.41) is 15.2. The Hall–Kier alpha value is -2.67. The van der Waals surface area contributed by atoms with Gasteiger partial charge >= 0.3 is 5.97 Å². The lowest BCUT2D eigenvalue weighted by Crippen LogP contribution is -2.21. The maximum atomic E-state index is 10.9. The van der Waals surface area contributed by atoms with Crippen molar-refractivity contribution in [2.24, 2.45) is 0 Å². The maximum absolute atomic E-state index is 10.9. The van der Waals surface area contributed by atoms with Gasteiger partial charge < -0.3 is 20.6 Å². The molecule has 7 nitrogen and oxygen atoms in total. The zero-order chi connectivity index (χ0) is 16.8. The van der Waals surface area contributed by atoms with Gasteiger partial charge in [0, 0.05) is 30.5 Å². The molecule has 1 heterocycles. The number of benzene rings is 1. The third-order valence-electron chi connectivity index (χ3n) is 3.10. The average molecular weight is 315 g/mol. The van der Waals surface area contributed by atoms with Crippen molar-refractivity contribution < 1.29 is 9.90 Å². The average Bonchev–Trinajstić information content (AvgIpc) is 2.46. The summed E-state index contributed by atoms with van der Waals surface area (Å²) in [7, 11) is 4.01. The van der Waals surface area contributed by atoms with Crippen molar-refractivity contribution in [1.29, 1.82) is 0 Å². The molecule has 0 spiro atoms. The fourth-order valence-corrected chi connectivity index (χ4v) is 1.95. The molecule has 0 aliphatic carbocycles. The number of likely N-dealkylation sites (N-methyl/N-ethyl adjacent to an activating group) is 1. The summed E-state index contributed by atoms with van der Waals surface area (Å²) in [5.74, 6) is 0.284. The number of aromatic carboxylic acids is 1. The highest BCUT2D eigenvalue weighted by atomic mass is 16.4. The normalized spacial score (nSPS) is 10.6. The van der Waals surface area contributed by atoms with Crippen molar-refractivity contribution in [3.8, 4) is 0 Å². The van der Waals surface area contributed by atoms with Crippen LogP contribution in [0.1, 0.15) is 16.1 Å². The monoisotopic (exact) mass is 315 g/mol. The lowest BCUT2D eigenvalue weighted by molar-refractivity contribution is 0.0697. The molecule has 0 amide bonds. The van der Waals surface area contributed by atoms with E-state index in [1.165, 1.54) is 0 Å². The van der Waals surface area contributed by atoms with E-state index >= 15 is 0 Å². The summed E-state index contributed by atoms with van der Waals surface area (Å²) in [6.07, 6.45) is 0. The second kappa shape index (κ2) is 7.55. The van der Waals surface area contributed by atoms with Crippen LogP contribution < -0.4 is 10.6 Å². The van der Waals surface area contributed by atoms with Crippen LogP contribution in [0.25, 0.3) is 0 Å². The number of carboxylic acid groups (broad SMARTS) is 1. The highest BCUT2D eigenvalue weighted by Crippen LogP contribution is 2.17. The van der Waals surface area contributed by atoms with Crippen LogP contribution in [-0.4, -0.2) is 53.1 Å². The SMILES string of the molecule is Cc1cc(Nc2ccc(C(=O)O)cc2)nc(NCCN(C)C)n1. The first-order valence-electron chi connectivity index (χ1n) is 7.29. The van der Waals surface area contributed by atoms with Crippen LogP contribution in [0.2, 0.25) is 0 Å². The maximum Gasteiger partial charge on any atom is 0.335 e. The smallest absolute Gasteiger partial charge is 0.335 e. The summed E-state index contributed by atoms with van der Waals surface area (Å²) < 4.78 is 0. The lowest BCUT2D eigenvalue weighted by Gasteiger charge is -2.12. The van der Waals surface area contributed by atoms with Crippen LogP contribution in [0.15, 0.2) is 30.3 Å². The summed E-state index contributed by atoms with van der Waals surface area (Å²) in [5.41, 5.74) is 1.87. The van der Waals surface area contributed by atoms with Crippen LogP contribution in [0.3, 0.4) is 0 Å². The van der Waals surface area contributed by atoms with E-state index in [4.69, 9.17) is 5.11 Å². The van der Waals surface area contributed by atoms with Gasteiger partial charge in [-0.25, -0.2) is 9.78 Å². The fraction of sp³-hybridized carbons (Fsp3) is 0.312. The number of hydrogen-bond donors (Lipinski definition) is 3. The fourth-order valence-electron chi connectivity index (χ4n) is 1.95. The number of carboxylic acids is 1. The van der Waals surface area contributed by atoms with Gasteiger partial charge in [-0.15, -0.1) is 0 Å². The first-order valence-corrected chi connectivity index (χ1v) is 7.29. The quantitative estimate of drug-likeness (QED) is 0.721. The molecule has 0 saturated heterocycles. The van der Waals surface area contributed by atoms with E-state index in [0.717, 1.165) is 24.5 Å². The number of anilines is 3. The Morgan fingerprint density at radius 2 is 1.91 bits per heavy atom. The van der Waals surface area contributed by atoms with Gasteiger partial charge in [0.25, 0.3) is 0 Å². The largest absolute Gasteiger partial charge is 0.478 e. The summed E-state index contributed by atoms with van der Waals surface area (Å²) in [4.78, 5) is 21.7. The highest BCUT2D eigenvalue weighted by molar-refractivity contribution is 5.88. The number of nitrogens with one attached hydrogen (secondary N) is 2. The van der Waals surface area contributed by atoms with E-state index < -0.39 is 5.97 Å². The Labute approximate surface area is 135 Å². The molecule has 1 aromatic heterocycles. The van der Waals surface area contributed by atoms with E-state index in [0.29, 0.717) is 11.8 Å². The molecule has 2 rings (SSSR count). The number of rotatable bonds is 7. The first kappa shape index (κ1) is 16.7. The Bertz CT molecular complexity index is 671. The van der Waals surface area contributed by atoms with Gasteiger partial charge in [0.15, 0.2) is 0 Å². The van der Waals surface area contributed by atoms with Crippen LogP contribution in [0.4, 0.5) is 17.5 Å². The molecule has 0 aliphatic rings. The minimum absolute atomic E-state index is 0.250. The van der Waals surface area contributed by atoms with Crippen LogP contribution in [0, 0.1) is 6.92 Å². The van der Waals surface area contributed by atoms with Crippen molar-refractivity contribution in [2.75, 3.05) is 37.8 Å². The number of aryl methyl sites for hydroxylation is 1. The molecular formula is C16H21N5O2. The van der Waals surface area contributed by atoms with E-state index in [1.54, 1.807) is 24.3 Å². The Balaban J connectivity index is 2.07. The van der Waals surface area contributed by atoms with Crippen molar-refractivity contribution in [3.05, 3.63) is 41.6 Å². The van der Waals surface area contributed by atoms with Gasteiger partial charge in [0.1, 0.15) is 5.82 Å². The van der Waals surface area contributed by atoms with Crippen LogP contribution in [0.5, 0.6) is 0 Å². The Morgan fingerprint density at radius 1 is 1.22 bits per heavy atom. The molecule has 1 aromatic carbocycles. The Kier molecular flexibility index (Phi) is 5.48. The first-order chi connectivity index (χ1) is 10.9. The number of carbonyl (C=O) groups is 1. The minimum Gasteiger partial charge on any atom is -0.478 e. The van der Waals surface area contributed by atoms with Crippen LogP contribution >= 0.6 is 0 Å². The van der Waals surface area contributed by atoms with E-state index in [-0.39, 0.29) is 5.56 Å². The van der Waals surface area contributed by atoms with Gasteiger partial charge in [0.05, 0.1) is 5.56 Å². The molecule has 122 valence electrons. The summed E-state index contributed by atoms with van der Waals surface area (Å²) in [6, 6.07) is 8.35. The molecule has 0 atom stereocenters. The summed E-state index contributed by atoms with van der Waals surface area (Å²) in [6.45, 7) is 3.54. The third kappa shape index (κ3) is 5.23. The second-order valence-corrected chi connectivity index (χ2v) is 5.46. The molecule has 0 saturated carbocycles. The van der Waals surface area contributed by atoms with Gasteiger partial charge in [-0.05, 0) is 45.3 Å². The number of aromatic nitrogens is 2. The van der Waals surface area contributed by atoms with Crippen molar-refractivity contribution in [1.82, 2.24) is 14.9 Å². The predicted octanol–water partition coefficient (Wildman–Crippen LogP) is 2.20. The number of nitrogens with zero attached hydrogens (tertiary/aromatic N) is 3. The molecule has 0 bridgehead atoms. The molecule has 0 fully saturated rings. The lowest BCUT2D eigenvalue weighted by atomic mass is 10.2. The van der Waals surface area contributed by atoms with E-state index in [9.17, 15) is 4.79 Å². The van der Waals surface area contributed by atoms with Crippen LogP contribution in [-0.2, 0) is 0 Å². The molecule has 0 radical (unpaired) electrons. The van der Waals surface area contributed by atoms with Gasteiger partial charge in [-0.1, -0.05) is 0 Å². The van der Waals surface area contributed by atoms with Crippen molar-refractivity contribution in [2.45, 2.75) is 6.92 Å². The topological polar surface area (TPSA) is 90.4 Å². The standard InChI is InChI=1S/C16H21N5O2/c1-11-10-14(20-16(18-11)17-8-9-21(2)3)19-13-6-4-12(5-7-13)15(22)23/h4-7,10H,8-9H2,1-3H3,(H,22,23)(H2,17,18,19,20). The zero-order valence-corrected chi connectivity index (χ0v) is 13.5. The van der Waals surface area contributed by atoms with Gasteiger partial charge in [-0.3, -0.25) is 0 Å². The molecule has 0 unspecified atom stereocenters. The van der Waals surface area contributed by atoms with Gasteiger partial charge in [0.2, 0.25) is 5.95 Å². The molecular weight excluding hydrogens is 294 g/mol. The predicted molar refractivity (Wildman–Crippen MR) is 90.5 cm³/mol. The molecule has 3 N–H and O–H groups in total.